The third kappa shape index (κ3) is 11.8. The van der Waals surface area contributed by atoms with Crippen LogP contribution in [0.4, 0.5) is 52.7 Å². The molecule has 4 heterocycles. The lowest BCUT2D eigenvalue weighted by Gasteiger charge is -2.12. The van der Waals surface area contributed by atoms with Gasteiger partial charge in [-0.1, -0.05) is 23.7 Å². The first kappa shape index (κ1) is 44.0. The van der Waals surface area contributed by atoms with E-state index in [1.807, 2.05) is 0 Å². The van der Waals surface area contributed by atoms with Crippen LogP contribution >= 0.6 is 11.6 Å². The molecule has 0 aliphatic heterocycles. The molecule has 0 atom stereocenters. The standard InChI is InChI=1S/C14H8F6N4O.C8H8BF3O3.C6H2ClF3N4.CH3/c1-7-6-8(2-4-10(7)25-14(18,19)20)9-3-5-11-21-22-12(13(15,16)17)24(11)23-9;1-5-4-6(9(13)14)2-3-7(5)15-8(10,11)12;7-3-1-2-4-11-12-5(6(8,9)10)14(4)13-3;/h2-6H,1H3;2-4,13-14H,1H3;1-2H;1H3/q;;;-1. The molecular weight excluding hydrogens is 799 g/mol. The second-order valence-corrected chi connectivity index (χ2v) is 10.8. The number of aryl methyl sites for hydroxylation is 2. The highest BCUT2D eigenvalue weighted by Crippen LogP contribution is 2.32. The van der Waals surface area contributed by atoms with Gasteiger partial charge in [-0.2, -0.15) is 45.6 Å². The molecule has 2 aromatic carbocycles. The average Bonchev–Trinajstić information content (AvgIpc) is 3.66. The zero-order chi connectivity index (χ0) is 40.4. The van der Waals surface area contributed by atoms with E-state index in [-0.39, 0.29) is 51.9 Å². The number of hydrogen-bond acceptors (Lipinski definition) is 10. The van der Waals surface area contributed by atoms with Crippen LogP contribution in [-0.2, 0) is 12.4 Å². The van der Waals surface area contributed by atoms with E-state index < -0.39 is 49.6 Å². The minimum atomic E-state index is -4.84. The van der Waals surface area contributed by atoms with E-state index in [9.17, 15) is 52.7 Å². The summed E-state index contributed by atoms with van der Waals surface area (Å²) in [5.41, 5.74) is 0.762. The van der Waals surface area contributed by atoms with Gasteiger partial charge < -0.3 is 26.9 Å². The van der Waals surface area contributed by atoms with E-state index >= 15 is 0 Å². The monoisotopic (exact) mass is 819 g/mol. The Morgan fingerprint density at radius 3 is 1.49 bits per heavy atom. The number of nitrogens with zero attached hydrogens (tertiary/aromatic N) is 8. The van der Waals surface area contributed by atoms with E-state index in [0.29, 0.717) is 14.6 Å². The SMILES string of the molecule is Cc1cc(-c2ccc3nnc(C(F)(F)F)n3n2)ccc1OC(F)(F)F.Cc1cc(B(O)O)ccc1OC(F)(F)F.FC(F)(F)c1nnc2ccc(Cl)nn12.[CH3-]. The lowest BCUT2D eigenvalue weighted by Crippen LogP contribution is -2.30. The molecule has 0 bridgehead atoms. The Hall–Kier alpha value is -5.43. The van der Waals surface area contributed by atoms with Gasteiger partial charge in [0, 0.05) is 5.56 Å². The van der Waals surface area contributed by atoms with Crippen molar-refractivity contribution in [1.29, 1.82) is 0 Å². The van der Waals surface area contributed by atoms with Gasteiger partial charge in [0.05, 0.1) is 5.69 Å². The van der Waals surface area contributed by atoms with Gasteiger partial charge in [-0.3, -0.25) is 0 Å². The summed E-state index contributed by atoms with van der Waals surface area (Å²) in [6, 6.07) is 12.4. The van der Waals surface area contributed by atoms with Crippen molar-refractivity contribution in [1.82, 2.24) is 39.6 Å². The Morgan fingerprint density at radius 2 is 1.05 bits per heavy atom. The van der Waals surface area contributed by atoms with Crippen LogP contribution in [-0.4, -0.2) is 69.5 Å². The highest BCUT2D eigenvalue weighted by atomic mass is 35.5. The minimum absolute atomic E-state index is 0. The molecule has 0 fully saturated rings. The van der Waals surface area contributed by atoms with Crippen molar-refractivity contribution in [3.63, 3.8) is 0 Å². The fourth-order valence-corrected chi connectivity index (χ4v) is 4.32. The third-order valence-electron chi connectivity index (χ3n) is 6.42. The molecule has 2 N–H and O–H groups in total. The topological polar surface area (TPSA) is 145 Å². The first-order valence-corrected chi connectivity index (χ1v) is 14.5. The molecule has 4 aromatic heterocycles. The maximum Gasteiger partial charge on any atom is 0.573 e. The molecule has 0 saturated heterocycles. The zero-order valence-electron chi connectivity index (χ0n) is 27.6. The van der Waals surface area contributed by atoms with Crippen molar-refractivity contribution in [2.75, 3.05) is 0 Å². The van der Waals surface area contributed by atoms with Crippen LogP contribution in [0.2, 0.25) is 5.15 Å². The van der Waals surface area contributed by atoms with Crippen LogP contribution < -0.4 is 14.9 Å². The molecule has 26 heteroatoms. The molecule has 296 valence electrons. The Labute approximate surface area is 305 Å². The number of rotatable bonds is 4. The summed E-state index contributed by atoms with van der Waals surface area (Å²) in [5.74, 6) is -3.24. The molecule has 0 aliphatic rings. The van der Waals surface area contributed by atoms with Gasteiger partial charge in [0.25, 0.3) is 11.6 Å². The molecule has 0 saturated carbocycles. The fraction of sp³-hybridized carbons (Fsp3) is 0.207. The van der Waals surface area contributed by atoms with Crippen molar-refractivity contribution in [3.05, 3.63) is 96.0 Å². The Kier molecular flexibility index (Phi) is 13.2. The van der Waals surface area contributed by atoms with Crippen molar-refractivity contribution >= 4 is 35.5 Å². The van der Waals surface area contributed by atoms with Crippen LogP contribution in [0, 0.1) is 21.3 Å². The lowest BCUT2D eigenvalue weighted by molar-refractivity contribution is -0.275. The molecule has 6 rings (SSSR count). The number of aromatic nitrogens is 8. The van der Waals surface area contributed by atoms with Crippen LogP contribution in [0.3, 0.4) is 0 Å². The van der Waals surface area contributed by atoms with Crippen LogP contribution in [0.1, 0.15) is 22.8 Å². The molecule has 6 aromatic rings. The zero-order valence-corrected chi connectivity index (χ0v) is 28.3. The van der Waals surface area contributed by atoms with E-state index in [2.05, 4.69) is 40.1 Å². The Bertz CT molecular complexity index is 2240. The summed E-state index contributed by atoms with van der Waals surface area (Å²) in [5, 5.41) is 37.4. The van der Waals surface area contributed by atoms with Gasteiger partial charge in [0.2, 0.25) is 0 Å². The summed E-state index contributed by atoms with van der Waals surface area (Å²) in [4.78, 5) is 0. The molecule has 0 aliphatic carbocycles. The van der Waals surface area contributed by atoms with Crippen molar-refractivity contribution < 1.29 is 72.2 Å². The first-order valence-electron chi connectivity index (χ1n) is 14.2. The maximum absolute atomic E-state index is 12.9. The van der Waals surface area contributed by atoms with E-state index in [1.165, 1.54) is 56.3 Å². The molecule has 12 nitrogen and oxygen atoms in total. The van der Waals surface area contributed by atoms with Gasteiger partial charge in [-0.05, 0) is 79.0 Å². The summed E-state index contributed by atoms with van der Waals surface area (Å²) >= 11 is 5.44. The number of benzene rings is 2. The Balaban J connectivity index is 0.000000234. The fourth-order valence-electron chi connectivity index (χ4n) is 4.18. The van der Waals surface area contributed by atoms with Gasteiger partial charge in [-0.15, -0.1) is 46.7 Å². The Morgan fingerprint density at radius 1 is 0.600 bits per heavy atom. The summed E-state index contributed by atoms with van der Waals surface area (Å²) in [7, 11) is -1.70. The summed E-state index contributed by atoms with van der Waals surface area (Å²) < 4.78 is 157. The summed E-state index contributed by atoms with van der Waals surface area (Å²) in [6.07, 6.45) is -18.9. The van der Waals surface area contributed by atoms with Crippen molar-refractivity contribution in [2.45, 2.75) is 38.9 Å². The lowest BCUT2D eigenvalue weighted by atomic mass is 9.79. The van der Waals surface area contributed by atoms with Gasteiger partial charge in [0.1, 0.15) is 16.7 Å². The second-order valence-electron chi connectivity index (χ2n) is 10.4. The number of ether oxygens (including phenoxy) is 2. The number of hydrogen-bond donors (Lipinski definition) is 2. The van der Waals surface area contributed by atoms with Crippen LogP contribution in [0.5, 0.6) is 11.5 Å². The number of alkyl halides is 12. The van der Waals surface area contributed by atoms with Gasteiger partial charge in [-0.25, -0.2) is 0 Å². The molecule has 0 amide bonds. The molecule has 0 spiro atoms. The van der Waals surface area contributed by atoms with E-state index in [1.54, 1.807) is 0 Å². The van der Waals surface area contributed by atoms with Gasteiger partial charge >= 0.3 is 32.2 Å². The number of fused-ring (bicyclic) bond motifs is 2. The van der Waals surface area contributed by atoms with Gasteiger partial charge in [0.15, 0.2) is 11.3 Å². The quantitative estimate of drug-likeness (QED) is 0.110. The van der Waals surface area contributed by atoms with E-state index in [0.717, 1.165) is 18.2 Å². The van der Waals surface area contributed by atoms with Crippen LogP contribution in [0.15, 0.2) is 60.7 Å². The smallest absolute Gasteiger partial charge is 0.423 e. The normalized spacial score (nSPS) is 11.9. The van der Waals surface area contributed by atoms with Crippen molar-refractivity contribution in [2.24, 2.45) is 0 Å². The predicted octanol–water partition coefficient (Wildman–Crippen LogP) is 6.84. The number of halogens is 13. The summed E-state index contributed by atoms with van der Waals surface area (Å²) in [6.45, 7) is 2.76. The molecule has 0 unspecified atom stereocenters. The third-order valence-corrected chi connectivity index (χ3v) is 6.62. The predicted molar refractivity (Wildman–Crippen MR) is 168 cm³/mol. The molecular formula is C29H21BClF12N8O4-. The largest absolute Gasteiger partial charge is 0.573 e. The highest BCUT2D eigenvalue weighted by molar-refractivity contribution is 6.58. The second kappa shape index (κ2) is 16.5. The van der Waals surface area contributed by atoms with E-state index in [4.69, 9.17) is 21.6 Å². The average molecular weight is 820 g/mol. The molecule has 55 heavy (non-hydrogen) atoms. The highest BCUT2D eigenvalue weighted by Gasteiger charge is 2.39. The van der Waals surface area contributed by atoms with Crippen LogP contribution in [0.25, 0.3) is 22.6 Å². The minimum Gasteiger partial charge on any atom is -0.423 e. The van der Waals surface area contributed by atoms with Crippen molar-refractivity contribution in [3.8, 4) is 22.8 Å². The first-order chi connectivity index (χ1) is 24.8. The molecule has 0 radical (unpaired) electrons. The maximum atomic E-state index is 12.9.